The van der Waals surface area contributed by atoms with Crippen LogP contribution in [0.2, 0.25) is 0 Å². The van der Waals surface area contributed by atoms with Crippen molar-refractivity contribution in [3.8, 4) is 5.69 Å². The van der Waals surface area contributed by atoms with Crippen molar-refractivity contribution in [2.24, 2.45) is 5.92 Å². The summed E-state index contributed by atoms with van der Waals surface area (Å²) in [4.78, 5) is 11.5. The monoisotopic (exact) mass is 396 g/mol. The zero-order chi connectivity index (χ0) is 15.0. The Balaban J connectivity index is 2.10. The lowest BCUT2D eigenvalue weighted by atomic mass is 9.85. The van der Waals surface area contributed by atoms with E-state index in [1.165, 1.54) is 0 Å². The summed E-state index contributed by atoms with van der Waals surface area (Å²) in [6.07, 6.45) is 3.93. The Morgan fingerprint density at radius 3 is 2.76 bits per heavy atom. The zero-order valence-corrected chi connectivity index (χ0v) is 14.0. The number of rotatable bonds is 3. The second-order valence-corrected chi connectivity index (χ2v) is 6.73. The SMILES string of the molecule is CCC1CCc2c(c(C(=O)O)nn2-c2ccc(I)cc2)C1. The standard InChI is InChI=1S/C16H17IN2O2/c1-2-10-3-8-14-13(9-10)15(16(20)21)18-19(14)12-6-4-11(17)5-7-12/h4-7,10H,2-3,8-9H2,1H3,(H,20,21). The average Bonchev–Trinajstić information content (AvgIpc) is 2.87. The van der Waals surface area contributed by atoms with Gasteiger partial charge in [-0.25, -0.2) is 9.48 Å². The van der Waals surface area contributed by atoms with Crippen molar-refractivity contribution in [3.05, 3.63) is 44.8 Å². The van der Waals surface area contributed by atoms with Gasteiger partial charge in [0.2, 0.25) is 0 Å². The predicted octanol–water partition coefficient (Wildman–Crippen LogP) is 3.69. The normalized spacial score (nSPS) is 17.5. The Hall–Kier alpha value is -1.37. The fourth-order valence-corrected chi connectivity index (χ4v) is 3.36. The fourth-order valence-electron chi connectivity index (χ4n) is 3.00. The quantitative estimate of drug-likeness (QED) is 0.806. The number of benzene rings is 1. The van der Waals surface area contributed by atoms with Crippen LogP contribution < -0.4 is 0 Å². The van der Waals surface area contributed by atoms with Crippen LogP contribution in [0.25, 0.3) is 5.69 Å². The molecule has 1 aliphatic carbocycles. The second-order valence-electron chi connectivity index (χ2n) is 5.48. The summed E-state index contributed by atoms with van der Waals surface area (Å²) >= 11 is 2.26. The highest BCUT2D eigenvalue weighted by atomic mass is 127. The van der Waals surface area contributed by atoms with Gasteiger partial charge >= 0.3 is 5.97 Å². The molecule has 1 atom stereocenters. The molecule has 0 fully saturated rings. The van der Waals surface area contributed by atoms with Crippen molar-refractivity contribution in [2.45, 2.75) is 32.6 Å². The van der Waals surface area contributed by atoms with Crippen molar-refractivity contribution >= 4 is 28.6 Å². The summed E-state index contributed by atoms with van der Waals surface area (Å²) in [5.41, 5.74) is 3.16. The maximum absolute atomic E-state index is 11.5. The molecular formula is C16H17IN2O2. The summed E-state index contributed by atoms with van der Waals surface area (Å²) in [5.74, 6) is -0.350. The first-order chi connectivity index (χ1) is 10.1. The molecule has 3 rings (SSSR count). The van der Waals surface area contributed by atoms with Gasteiger partial charge in [0.15, 0.2) is 5.69 Å². The summed E-state index contributed by atoms with van der Waals surface area (Å²) < 4.78 is 2.97. The number of carboxylic acids is 1. The minimum atomic E-state index is -0.924. The Morgan fingerprint density at radius 2 is 2.14 bits per heavy atom. The maximum atomic E-state index is 11.5. The summed E-state index contributed by atoms with van der Waals surface area (Å²) in [7, 11) is 0. The molecule has 4 nitrogen and oxygen atoms in total. The largest absolute Gasteiger partial charge is 0.476 e. The molecule has 0 amide bonds. The molecule has 5 heteroatoms. The molecule has 0 bridgehead atoms. The molecule has 1 unspecified atom stereocenters. The van der Waals surface area contributed by atoms with Gasteiger partial charge in [-0.2, -0.15) is 5.10 Å². The predicted molar refractivity (Wildman–Crippen MR) is 89.0 cm³/mol. The number of aromatic nitrogens is 2. The van der Waals surface area contributed by atoms with E-state index in [0.717, 1.165) is 46.2 Å². The average molecular weight is 396 g/mol. The highest BCUT2D eigenvalue weighted by Crippen LogP contribution is 2.31. The van der Waals surface area contributed by atoms with Crippen LogP contribution in [0.3, 0.4) is 0 Å². The molecule has 1 heterocycles. The van der Waals surface area contributed by atoms with Gasteiger partial charge in [-0.15, -0.1) is 0 Å². The van der Waals surface area contributed by atoms with Crippen LogP contribution in [0.1, 0.15) is 41.5 Å². The Kier molecular flexibility index (Phi) is 4.01. The van der Waals surface area contributed by atoms with E-state index in [0.29, 0.717) is 5.92 Å². The molecule has 0 radical (unpaired) electrons. The van der Waals surface area contributed by atoms with E-state index in [2.05, 4.69) is 34.6 Å². The summed E-state index contributed by atoms with van der Waals surface area (Å²) in [6, 6.07) is 8.02. The van der Waals surface area contributed by atoms with Crippen LogP contribution in [0, 0.1) is 9.49 Å². The molecule has 0 aliphatic heterocycles. The topological polar surface area (TPSA) is 55.1 Å². The lowest BCUT2D eigenvalue weighted by Gasteiger charge is -2.21. The van der Waals surface area contributed by atoms with Gasteiger partial charge in [0.05, 0.1) is 5.69 Å². The minimum Gasteiger partial charge on any atom is -0.476 e. The van der Waals surface area contributed by atoms with E-state index in [1.54, 1.807) is 0 Å². The number of halogens is 1. The van der Waals surface area contributed by atoms with Crippen molar-refractivity contribution in [1.82, 2.24) is 9.78 Å². The summed E-state index contributed by atoms with van der Waals surface area (Å²) in [5, 5.41) is 13.8. The van der Waals surface area contributed by atoms with E-state index >= 15 is 0 Å². The number of nitrogens with zero attached hydrogens (tertiary/aromatic N) is 2. The first-order valence-corrected chi connectivity index (χ1v) is 8.28. The van der Waals surface area contributed by atoms with E-state index in [-0.39, 0.29) is 5.69 Å². The highest BCUT2D eigenvalue weighted by Gasteiger charge is 2.28. The van der Waals surface area contributed by atoms with E-state index in [1.807, 2.05) is 28.9 Å². The Bertz CT molecular complexity index is 676. The van der Waals surface area contributed by atoms with Crippen LogP contribution >= 0.6 is 22.6 Å². The molecule has 0 saturated heterocycles. The Morgan fingerprint density at radius 1 is 1.43 bits per heavy atom. The number of carbonyl (C=O) groups is 1. The van der Waals surface area contributed by atoms with Crippen LogP contribution in [0.5, 0.6) is 0 Å². The lowest BCUT2D eigenvalue weighted by Crippen LogP contribution is -2.16. The number of fused-ring (bicyclic) bond motifs is 1. The molecule has 2 aromatic rings. The third kappa shape index (κ3) is 2.71. The molecular weight excluding hydrogens is 379 g/mol. The smallest absolute Gasteiger partial charge is 0.356 e. The van der Waals surface area contributed by atoms with Crippen molar-refractivity contribution in [1.29, 1.82) is 0 Å². The molecule has 21 heavy (non-hydrogen) atoms. The van der Waals surface area contributed by atoms with Gasteiger partial charge in [0, 0.05) is 14.8 Å². The minimum absolute atomic E-state index is 0.224. The zero-order valence-electron chi connectivity index (χ0n) is 11.8. The molecule has 1 aliphatic rings. The number of hydrogen-bond donors (Lipinski definition) is 1. The third-order valence-corrected chi connectivity index (χ3v) is 4.94. The number of aromatic carboxylic acids is 1. The molecule has 1 N–H and O–H groups in total. The van der Waals surface area contributed by atoms with Crippen LogP contribution in [-0.2, 0) is 12.8 Å². The van der Waals surface area contributed by atoms with Crippen LogP contribution in [-0.4, -0.2) is 20.9 Å². The van der Waals surface area contributed by atoms with Gasteiger partial charge in [0.1, 0.15) is 0 Å². The number of carboxylic acid groups (broad SMARTS) is 1. The van der Waals surface area contributed by atoms with Gasteiger partial charge in [-0.05, 0) is 72.0 Å². The third-order valence-electron chi connectivity index (χ3n) is 4.22. The first kappa shape index (κ1) is 14.6. The van der Waals surface area contributed by atoms with Crippen molar-refractivity contribution < 1.29 is 9.90 Å². The summed E-state index contributed by atoms with van der Waals surface area (Å²) in [6.45, 7) is 2.17. The van der Waals surface area contributed by atoms with Gasteiger partial charge in [-0.3, -0.25) is 0 Å². The fraction of sp³-hybridized carbons (Fsp3) is 0.375. The maximum Gasteiger partial charge on any atom is 0.356 e. The highest BCUT2D eigenvalue weighted by molar-refractivity contribution is 14.1. The molecule has 1 aromatic carbocycles. The van der Waals surface area contributed by atoms with Crippen molar-refractivity contribution in [2.75, 3.05) is 0 Å². The molecule has 0 spiro atoms. The van der Waals surface area contributed by atoms with Crippen LogP contribution in [0.4, 0.5) is 0 Å². The van der Waals surface area contributed by atoms with Gasteiger partial charge in [-0.1, -0.05) is 13.3 Å². The van der Waals surface area contributed by atoms with Crippen LogP contribution in [0.15, 0.2) is 24.3 Å². The van der Waals surface area contributed by atoms with E-state index in [4.69, 9.17) is 0 Å². The van der Waals surface area contributed by atoms with Gasteiger partial charge in [0.25, 0.3) is 0 Å². The van der Waals surface area contributed by atoms with Gasteiger partial charge < -0.3 is 5.11 Å². The number of hydrogen-bond acceptors (Lipinski definition) is 2. The van der Waals surface area contributed by atoms with E-state index in [9.17, 15) is 9.90 Å². The molecule has 0 saturated carbocycles. The Labute approximate surface area is 137 Å². The van der Waals surface area contributed by atoms with E-state index < -0.39 is 5.97 Å². The second kappa shape index (κ2) is 5.79. The van der Waals surface area contributed by atoms with Crippen molar-refractivity contribution in [3.63, 3.8) is 0 Å². The molecule has 1 aromatic heterocycles. The lowest BCUT2D eigenvalue weighted by molar-refractivity contribution is 0.0688. The molecule has 110 valence electrons. The first-order valence-electron chi connectivity index (χ1n) is 7.20.